The zero-order chi connectivity index (χ0) is 112. The summed E-state index contributed by atoms with van der Waals surface area (Å²) in [6.45, 7) is 28.2. The summed E-state index contributed by atoms with van der Waals surface area (Å²) in [6.07, 6.45) is 48.7. The quantitative estimate of drug-likeness (QED) is 0.0257. The van der Waals surface area contributed by atoms with E-state index in [9.17, 15) is 76.7 Å². The maximum absolute atomic E-state index is 12.2. The summed E-state index contributed by atoms with van der Waals surface area (Å²) in [5.41, 5.74) is 0.497. The normalized spacial score (nSPS) is 12.2. The molecule has 32 heteroatoms. The summed E-state index contributed by atoms with van der Waals surface area (Å²) in [5, 5.41) is 0. The number of hydrogen-bond acceptors (Lipinski definition) is 32. The summed E-state index contributed by atoms with van der Waals surface area (Å²) in [4.78, 5) is 189. The predicted octanol–water partition coefficient (Wildman–Crippen LogP) is 26.8. The van der Waals surface area contributed by atoms with Crippen LogP contribution >= 0.6 is 0 Å². The Labute approximate surface area is 899 Å². The highest BCUT2D eigenvalue weighted by Crippen LogP contribution is 2.23. The fourth-order valence-electron chi connectivity index (χ4n) is 15.0. The third-order valence-corrected chi connectivity index (χ3v) is 23.3. The lowest BCUT2D eigenvalue weighted by molar-refractivity contribution is -0.186. The van der Waals surface area contributed by atoms with Gasteiger partial charge in [0.15, 0.2) is 0 Å². The maximum atomic E-state index is 12.2. The van der Waals surface area contributed by atoms with Crippen LogP contribution in [0.15, 0.2) is 60.7 Å². The van der Waals surface area contributed by atoms with Crippen LogP contribution in [0.25, 0.3) is 0 Å². The summed E-state index contributed by atoms with van der Waals surface area (Å²) >= 11 is 0. The molecule has 0 N–H and O–H groups in total. The van der Waals surface area contributed by atoms with E-state index >= 15 is 0 Å². The van der Waals surface area contributed by atoms with Crippen molar-refractivity contribution in [2.75, 3.05) is 26.4 Å². The van der Waals surface area contributed by atoms with Gasteiger partial charge in [-0.15, -0.1) is 0 Å². The molecule has 0 heterocycles. The minimum Gasteiger partial charge on any atom is -0.462 e. The molecule has 0 fully saturated rings. The fraction of sp³-hybridized carbons (Fsp3) is 0.763. The molecule has 32 nitrogen and oxygen atoms in total. The van der Waals surface area contributed by atoms with E-state index in [1.165, 1.54) is 182 Å². The lowest BCUT2D eigenvalue weighted by atomic mass is 9.97. The lowest BCUT2D eigenvalue weighted by Gasteiger charge is -2.16. The Kier molecular flexibility index (Phi) is 90.9. The third-order valence-electron chi connectivity index (χ3n) is 23.3. The van der Waals surface area contributed by atoms with Gasteiger partial charge in [0.25, 0.3) is 0 Å². The van der Waals surface area contributed by atoms with Crippen molar-refractivity contribution >= 4 is 95.5 Å². The average Bonchev–Trinajstić information content (AvgIpc) is 0.923. The van der Waals surface area contributed by atoms with Crippen molar-refractivity contribution in [2.45, 2.75) is 547 Å². The van der Waals surface area contributed by atoms with Gasteiger partial charge in [-0.1, -0.05) is 320 Å². The molecule has 2 aromatic carbocycles. The number of unbranched alkanes of at least 4 members (excludes halogenated alkanes) is 40. The van der Waals surface area contributed by atoms with Crippen molar-refractivity contribution < 1.29 is 153 Å². The van der Waals surface area contributed by atoms with E-state index in [0.717, 1.165) is 101 Å². The van der Waals surface area contributed by atoms with Crippen molar-refractivity contribution in [3.8, 4) is 0 Å². The Morgan fingerprint density at radius 1 is 0.180 bits per heavy atom. The Morgan fingerprint density at radius 3 is 0.493 bits per heavy atom. The van der Waals surface area contributed by atoms with Crippen molar-refractivity contribution in [3.63, 3.8) is 0 Å². The number of carbonyl (C=O) groups excluding carboxylic acids is 16. The highest BCUT2D eigenvalue weighted by molar-refractivity contribution is 5.78. The Hall–Kier alpha value is -10.0. The molecule has 0 radical (unpaired) electrons. The first-order valence-corrected chi connectivity index (χ1v) is 56.8. The second-order valence-electron chi connectivity index (χ2n) is 40.4. The molecule has 860 valence electrons. The highest BCUT2D eigenvalue weighted by atomic mass is 16.7. The van der Waals surface area contributed by atoms with Gasteiger partial charge >= 0.3 is 95.5 Å². The number of carbonyl (C=O) groups is 16. The molecule has 0 saturated carbocycles. The molecule has 0 aliphatic carbocycles. The van der Waals surface area contributed by atoms with E-state index < -0.39 is 96.3 Å². The van der Waals surface area contributed by atoms with Gasteiger partial charge in [-0.2, -0.15) is 0 Å². The number of rotatable bonds is 86. The second-order valence-corrected chi connectivity index (χ2v) is 40.4. The van der Waals surface area contributed by atoms with Crippen molar-refractivity contribution in [2.24, 2.45) is 10.8 Å². The van der Waals surface area contributed by atoms with E-state index in [4.69, 9.17) is 75.8 Å². The molecule has 0 bridgehead atoms. The highest BCUT2D eigenvalue weighted by Gasteiger charge is 2.27. The molecule has 0 spiro atoms. The fourth-order valence-corrected chi connectivity index (χ4v) is 15.0. The third kappa shape index (κ3) is 96.3. The smallest absolute Gasteiger partial charge is 0.313 e. The number of benzene rings is 2. The van der Waals surface area contributed by atoms with Crippen LogP contribution in [0.5, 0.6) is 0 Å². The van der Waals surface area contributed by atoms with Crippen molar-refractivity contribution in [1.29, 1.82) is 0 Å². The van der Waals surface area contributed by atoms with Gasteiger partial charge in [0.05, 0.1) is 23.7 Å². The molecular weight excluding hydrogens is 1930 g/mol. The second kappa shape index (κ2) is 96.0. The van der Waals surface area contributed by atoms with Gasteiger partial charge in [0, 0.05) is 119 Å². The number of esters is 16. The van der Waals surface area contributed by atoms with Gasteiger partial charge in [0.2, 0.25) is 37.7 Å². The summed E-state index contributed by atoms with van der Waals surface area (Å²) < 4.78 is 81.4. The van der Waals surface area contributed by atoms with E-state index in [1.807, 2.05) is 74.5 Å². The maximum Gasteiger partial charge on any atom is 0.313 e. The van der Waals surface area contributed by atoms with Crippen LogP contribution in [0, 0.1) is 10.8 Å². The van der Waals surface area contributed by atoms with Crippen LogP contribution in [0.4, 0.5) is 0 Å². The number of ether oxygens (including phenoxy) is 16. The largest absolute Gasteiger partial charge is 0.462 e. The summed E-state index contributed by atoms with van der Waals surface area (Å²) in [6, 6.07) is 18.3. The zero-order valence-corrected chi connectivity index (χ0v) is 95.0. The molecule has 0 aliphatic rings. The monoisotopic (exact) mass is 2130 g/mol. The topological polar surface area (TPSA) is 421 Å². The molecule has 2 rings (SSSR count). The molecule has 0 aromatic heterocycles. The molecular formula is C118H196O32. The van der Waals surface area contributed by atoms with E-state index in [0.29, 0.717) is 89.9 Å². The van der Waals surface area contributed by atoms with Gasteiger partial charge < -0.3 is 75.8 Å². The first-order valence-electron chi connectivity index (χ1n) is 56.8. The Morgan fingerprint density at radius 2 is 0.327 bits per heavy atom. The average molecular weight is 2130 g/mol. The number of hydrogen-bond donors (Lipinski definition) is 0. The van der Waals surface area contributed by atoms with Crippen LogP contribution in [-0.2, 0) is 165 Å². The Balaban J connectivity index is 0. The molecule has 6 atom stereocenters. The summed E-state index contributed by atoms with van der Waals surface area (Å²) in [5.74, 6) is -6.17. The molecule has 0 saturated heterocycles. The molecule has 150 heavy (non-hydrogen) atoms. The van der Waals surface area contributed by atoms with Gasteiger partial charge in [0.1, 0.15) is 26.4 Å². The standard InChI is InChI=1S/C48H90O8.C28H34O8.C22H38O8.C20H34O8/c1-5-7-9-11-13-15-17-19-21-23-25-27-29-31-35-39-45(49)53-43(3)55-47(51)41-37-33-34-38-42-48(52)56-44(4)54-46(50)40-36-32-30-28-26-24-22-20-18-16-14-12-10-8-6-2;1-21(35-27(31)19-23-13-7-5-8-14-23)33-25(29)17-11-3-4-12-18-26(30)34-22(2)36-28(32)20-24-15-9-6-10-16-24;1-21(2,3)19(25)29-15-13-27-17(23)11-9-7-8-10-12-18(24)28-14-16-30-20(26)22(4,5)6;1-5-11-17(21)25-15(3)27-19(23)13-9-7-8-10-14-20(24)28-16(4)26-18(22)12-6-2/h43-44H,5-42H2,1-4H3;5-10,13-16,21-22H,3-4,11-12,17-20H2,1-2H3;7-16H2,1-6H3;15-16H,5-14H2,1-4H3. The molecule has 2 aromatic rings. The lowest BCUT2D eigenvalue weighted by Crippen LogP contribution is -2.25. The first-order chi connectivity index (χ1) is 71.7. The van der Waals surface area contributed by atoms with E-state index in [-0.39, 0.29) is 138 Å². The van der Waals surface area contributed by atoms with Crippen molar-refractivity contribution in [3.05, 3.63) is 71.8 Å². The van der Waals surface area contributed by atoms with Crippen LogP contribution in [0.2, 0.25) is 0 Å². The van der Waals surface area contributed by atoms with Crippen LogP contribution < -0.4 is 0 Å². The van der Waals surface area contributed by atoms with E-state index in [2.05, 4.69) is 13.8 Å². The van der Waals surface area contributed by atoms with E-state index in [1.54, 1.807) is 55.4 Å². The van der Waals surface area contributed by atoms with Gasteiger partial charge in [-0.25, -0.2) is 0 Å². The van der Waals surface area contributed by atoms with Gasteiger partial charge in [-0.3, -0.25) is 76.7 Å². The zero-order valence-electron chi connectivity index (χ0n) is 95.0. The van der Waals surface area contributed by atoms with Crippen LogP contribution in [0.1, 0.15) is 507 Å². The van der Waals surface area contributed by atoms with Gasteiger partial charge in [-0.05, 0) is 130 Å². The summed E-state index contributed by atoms with van der Waals surface area (Å²) in [7, 11) is 0. The SMILES string of the molecule is CC(C)(C)C(=O)OCCOC(=O)CCCCCCC(=O)OCCOC(=O)C(C)(C)C.CC(OC(=O)CCCCCCC(=O)OC(C)OC(=O)Cc1ccccc1)OC(=O)Cc1ccccc1.CCCC(=O)OC(C)OC(=O)CCCCCCC(=O)OC(C)OC(=O)CCC.CCCCCCCCCCCCCCCCCC(=O)OC(C)OC(=O)CCCCCCC(=O)OC(C)OC(=O)CCCCCCCCCCCCCCCCC. The molecule has 0 amide bonds. The first kappa shape index (κ1) is 142. The Bertz CT molecular complexity index is 3620. The predicted molar refractivity (Wildman–Crippen MR) is 573 cm³/mol. The van der Waals surface area contributed by atoms with Crippen LogP contribution in [-0.4, -0.2) is 160 Å². The minimum atomic E-state index is -0.952. The molecule has 0 aliphatic heterocycles. The molecule has 6 unspecified atom stereocenters. The van der Waals surface area contributed by atoms with Crippen molar-refractivity contribution in [1.82, 2.24) is 0 Å². The van der Waals surface area contributed by atoms with Crippen LogP contribution in [0.3, 0.4) is 0 Å². The minimum absolute atomic E-state index is 0.0531.